The Kier molecular flexibility index (Phi) is 14.6. The first-order chi connectivity index (χ1) is 3.97. The van der Waals surface area contributed by atoms with Gasteiger partial charge in [-0.15, -0.1) is 90.6 Å². The lowest BCUT2D eigenvalue weighted by molar-refractivity contribution is 2.24. The predicted molar refractivity (Wildman–Crippen MR) is 81.0 cm³/mol. The van der Waals surface area contributed by atoms with E-state index in [2.05, 4.69) is 22.9 Å². The van der Waals surface area contributed by atoms with Crippen molar-refractivity contribution in [1.82, 2.24) is 0 Å². The summed E-state index contributed by atoms with van der Waals surface area (Å²) in [4.78, 5) is 0. The van der Waals surface area contributed by atoms with E-state index in [1.54, 1.807) is 22.7 Å². The molecule has 0 bridgehead atoms. The standard InChI is InChI=1S/C6H4S2.4BrH/c1-3-7-6-2-4-8-5(1)6;;;;/h1-4H;4*1H. The zero-order valence-electron chi connectivity index (χ0n) is 5.76. The van der Waals surface area contributed by atoms with Crippen molar-refractivity contribution in [3.05, 3.63) is 22.9 Å². The van der Waals surface area contributed by atoms with Crippen molar-refractivity contribution in [2.24, 2.45) is 0 Å². The Hall–Kier alpha value is 1.58. The summed E-state index contributed by atoms with van der Waals surface area (Å²) in [5, 5.41) is 4.25. The zero-order chi connectivity index (χ0) is 5.40. The molecule has 0 radical (unpaired) electrons. The average Bonchev–Trinajstić information content (AvgIpc) is 2.15. The summed E-state index contributed by atoms with van der Waals surface area (Å²) in [6.45, 7) is 0. The summed E-state index contributed by atoms with van der Waals surface area (Å²) in [6, 6.07) is 4.31. The van der Waals surface area contributed by atoms with Gasteiger partial charge in [-0.05, 0) is 22.9 Å². The lowest BCUT2D eigenvalue weighted by Crippen LogP contribution is -1.33. The van der Waals surface area contributed by atoms with E-state index in [0.29, 0.717) is 0 Å². The van der Waals surface area contributed by atoms with Gasteiger partial charge in [0.2, 0.25) is 0 Å². The normalized spacial score (nSPS) is 7.00. The maximum Gasteiger partial charge on any atom is 0.0450 e. The van der Waals surface area contributed by atoms with Crippen LogP contribution in [0.15, 0.2) is 22.9 Å². The summed E-state index contributed by atoms with van der Waals surface area (Å²) in [6.07, 6.45) is 0. The number of hydrogen-bond acceptors (Lipinski definition) is 2. The van der Waals surface area contributed by atoms with Crippen LogP contribution < -0.4 is 0 Å². The lowest BCUT2D eigenvalue weighted by Gasteiger charge is -1.63. The van der Waals surface area contributed by atoms with Crippen LogP contribution in [0.1, 0.15) is 0 Å². The molecule has 0 aromatic carbocycles. The molecule has 12 heavy (non-hydrogen) atoms. The Bertz CT molecular complexity index is 239. The van der Waals surface area contributed by atoms with Crippen LogP contribution in [0, 0.1) is 0 Å². The molecule has 0 aliphatic rings. The summed E-state index contributed by atoms with van der Waals surface area (Å²) >= 11 is 3.61. The van der Waals surface area contributed by atoms with E-state index in [9.17, 15) is 0 Å². The van der Waals surface area contributed by atoms with Crippen LogP contribution in [-0.4, -0.2) is 0 Å². The Morgan fingerprint density at radius 2 is 1.00 bits per heavy atom. The van der Waals surface area contributed by atoms with Crippen molar-refractivity contribution in [2.45, 2.75) is 0 Å². The minimum atomic E-state index is 0. The molecule has 0 saturated carbocycles. The summed E-state index contributed by atoms with van der Waals surface area (Å²) in [5.41, 5.74) is 0. The van der Waals surface area contributed by atoms with Gasteiger partial charge in [-0.25, -0.2) is 0 Å². The molecule has 0 N–H and O–H groups in total. The number of hydrogen-bond donors (Lipinski definition) is 0. The van der Waals surface area contributed by atoms with E-state index >= 15 is 0 Å². The monoisotopic (exact) mass is 460 g/mol. The van der Waals surface area contributed by atoms with Gasteiger partial charge >= 0.3 is 0 Å². The number of halogens is 4. The summed E-state index contributed by atoms with van der Waals surface area (Å²) in [5.74, 6) is 0. The summed E-state index contributed by atoms with van der Waals surface area (Å²) < 4.78 is 2.82. The van der Waals surface area contributed by atoms with Crippen molar-refractivity contribution in [3.8, 4) is 0 Å². The smallest absolute Gasteiger partial charge is 0.0450 e. The lowest BCUT2D eigenvalue weighted by atomic mass is 10.5. The van der Waals surface area contributed by atoms with Gasteiger partial charge in [0, 0.05) is 9.40 Å². The molecule has 2 aromatic rings. The van der Waals surface area contributed by atoms with Crippen LogP contribution in [0.4, 0.5) is 0 Å². The van der Waals surface area contributed by atoms with Gasteiger partial charge in [0.05, 0.1) is 0 Å². The fraction of sp³-hybridized carbons (Fsp3) is 0. The highest BCUT2D eigenvalue weighted by atomic mass is 79.9. The first-order valence-electron chi connectivity index (χ1n) is 2.37. The van der Waals surface area contributed by atoms with Gasteiger partial charge in [-0.1, -0.05) is 0 Å². The molecule has 0 aliphatic heterocycles. The first kappa shape index (κ1) is 19.2. The summed E-state index contributed by atoms with van der Waals surface area (Å²) in [7, 11) is 0. The molecule has 6 heteroatoms. The Labute approximate surface area is 121 Å². The Morgan fingerprint density at radius 3 is 1.33 bits per heavy atom. The van der Waals surface area contributed by atoms with Gasteiger partial charge in [0.15, 0.2) is 0 Å². The van der Waals surface area contributed by atoms with E-state index in [0.717, 1.165) is 0 Å². The molecule has 0 aliphatic carbocycles. The third-order valence-corrected chi connectivity index (χ3v) is 2.97. The van der Waals surface area contributed by atoms with Gasteiger partial charge in [0.25, 0.3) is 0 Å². The van der Waals surface area contributed by atoms with E-state index in [-0.39, 0.29) is 67.9 Å². The highest BCUT2D eigenvalue weighted by Gasteiger charge is 1.90. The van der Waals surface area contributed by atoms with E-state index < -0.39 is 0 Å². The van der Waals surface area contributed by atoms with E-state index in [4.69, 9.17) is 0 Å². The van der Waals surface area contributed by atoms with Crippen LogP contribution in [0.2, 0.25) is 0 Å². The molecule has 2 rings (SSSR count). The molecule has 0 nitrogen and oxygen atoms in total. The number of rotatable bonds is 0. The van der Waals surface area contributed by atoms with E-state index in [1.807, 2.05) is 0 Å². The molecule has 0 fully saturated rings. The largest absolute Gasteiger partial charge is 0.143 e. The molecule has 0 spiro atoms. The van der Waals surface area contributed by atoms with Crippen LogP contribution in [0.3, 0.4) is 0 Å². The fourth-order valence-electron chi connectivity index (χ4n) is 0.697. The minimum absolute atomic E-state index is 0. The van der Waals surface area contributed by atoms with Crippen molar-refractivity contribution in [1.29, 1.82) is 0 Å². The molecular formula is C6H8Br4S2. The van der Waals surface area contributed by atoms with Crippen molar-refractivity contribution in [3.63, 3.8) is 0 Å². The van der Waals surface area contributed by atoms with Crippen molar-refractivity contribution in [2.75, 3.05) is 0 Å². The highest BCUT2D eigenvalue weighted by molar-refractivity contribution is 8.93. The van der Waals surface area contributed by atoms with Gasteiger partial charge in [-0.3, -0.25) is 0 Å². The molecule has 0 saturated heterocycles. The zero-order valence-corrected chi connectivity index (χ0v) is 14.2. The third kappa shape index (κ3) is 4.19. The van der Waals surface area contributed by atoms with Crippen LogP contribution in [-0.2, 0) is 0 Å². The topological polar surface area (TPSA) is 0 Å². The molecule has 0 atom stereocenters. The maximum atomic E-state index is 2.16. The van der Waals surface area contributed by atoms with Gasteiger partial charge < -0.3 is 0 Å². The van der Waals surface area contributed by atoms with Crippen LogP contribution >= 0.6 is 90.6 Å². The van der Waals surface area contributed by atoms with E-state index in [1.165, 1.54) is 9.40 Å². The number of fused-ring (bicyclic) bond motifs is 1. The molecule has 2 aromatic heterocycles. The highest BCUT2D eigenvalue weighted by Crippen LogP contribution is 2.25. The Balaban J connectivity index is -0.000000202. The molecule has 0 amide bonds. The second-order valence-electron chi connectivity index (χ2n) is 1.57. The van der Waals surface area contributed by atoms with Gasteiger partial charge in [0.1, 0.15) is 0 Å². The van der Waals surface area contributed by atoms with Gasteiger partial charge in [-0.2, -0.15) is 0 Å². The van der Waals surface area contributed by atoms with Crippen molar-refractivity contribution >= 4 is 100.0 Å². The minimum Gasteiger partial charge on any atom is -0.143 e. The second kappa shape index (κ2) is 9.15. The maximum absolute atomic E-state index is 2.16. The first-order valence-corrected chi connectivity index (χ1v) is 4.13. The second-order valence-corrected chi connectivity index (χ2v) is 3.47. The average molecular weight is 464 g/mol. The molecular weight excluding hydrogens is 456 g/mol. The Morgan fingerprint density at radius 1 is 0.667 bits per heavy atom. The SMILES string of the molecule is Br.Br.Br.Br.c1cc2sccc2s1. The molecule has 0 unspecified atom stereocenters. The van der Waals surface area contributed by atoms with Crippen LogP contribution in [0.5, 0.6) is 0 Å². The van der Waals surface area contributed by atoms with Crippen LogP contribution in [0.25, 0.3) is 9.40 Å². The predicted octanol–water partition coefficient (Wildman–Crippen LogP) is 5.27. The number of thiophene rings is 2. The quantitative estimate of drug-likeness (QED) is 0.499. The van der Waals surface area contributed by atoms with Crippen molar-refractivity contribution < 1.29 is 0 Å². The molecule has 2 heterocycles. The fourth-order valence-corrected chi connectivity index (χ4v) is 2.52. The third-order valence-electron chi connectivity index (χ3n) is 1.07. The molecule has 72 valence electrons.